The fourth-order valence-corrected chi connectivity index (χ4v) is 4.30. The van der Waals surface area contributed by atoms with Gasteiger partial charge in [0.2, 0.25) is 0 Å². The lowest BCUT2D eigenvalue weighted by Crippen LogP contribution is -2.47. The molecule has 11 heteroatoms. The van der Waals surface area contributed by atoms with E-state index < -0.39 is 22.9 Å². The number of thioether (sulfide) groups is 1. The number of nitrogens with zero attached hydrogens (tertiary/aromatic N) is 2. The van der Waals surface area contributed by atoms with E-state index >= 15 is 0 Å². The number of aliphatic hydroxyl groups is 1. The van der Waals surface area contributed by atoms with Crippen molar-refractivity contribution in [2.24, 2.45) is 0 Å². The highest BCUT2D eigenvalue weighted by Gasteiger charge is 2.34. The number of halogens is 4. The summed E-state index contributed by atoms with van der Waals surface area (Å²) in [5.74, 6) is -0.645. The van der Waals surface area contributed by atoms with Crippen molar-refractivity contribution in [2.75, 3.05) is 44.2 Å². The number of rotatable bonds is 5. The van der Waals surface area contributed by atoms with Gasteiger partial charge < -0.3 is 10.0 Å². The molecule has 2 fully saturated rings. The maximum atomic E-state index is 13.3. The number of nitrogens with one attached hydrogen (secondary N) is 1. The molecular weight excluding hydrogens is 431 g/mol. The van der Waals surface area contributed by atoms with E-state index in [9.17, 15) is 22.8 Å². The van der Waals surface area contributed by atoms with E-state index in [1.807, 2.05) is 4.90 Å². The summed E-state index contributed by atoms with van der Waals surface area (Å²) in [7, 11) is 0. The lowest BCUT2D eigenvalue weighted by Gasteiger charge is -2.37. The number of carbonyl (C=O) groups is 2. The maximum absolute atomic E-state index is 13.3. The third kappa shape index (κ3) is 5.25. The van der Waals surface area contributed by atoms with Crippen LogP contribution in [0.2, 0.25) is 5.02 Å². The number of aliphatic hydroxyl groups excluding tert-OH is 1. The predicted octanol–water partition coefficient (Wildman–Crippen LogP) is 3.19. The average Bonchev–Trinajstić information content (AvgIpc) is 2.96. The SMILES string of the molecule is O=C1NC(=O)C(=Cc2cc(C(F)(F)F)cc(Cl)c2N2CCN(CCCO)CC2)S1. The van der Waals surface area contributed by atoms with E-state index in [4.69, 9.17) is 16.7 Å². The van der Waals surface area contributed by atoms with Gasteiger partial charge in [-0.25, -0.2) is 0 Å². The molecule has 2 N–H and O–H groups in total. The zero-order chi connectivity index (χ0) is 21.2. The molecule has 0 unspecified atom stereocenters. The Balaban J connectivity index is 1.95. The quantitative estimate of drug-likeness (QED) is 0.673. The van der Waals surface area contributed by atoms with Crippen LogP contribution >= 0.6 is 23.4 Å². The number of hydrogen-bond donors (Lipinski definition) is 2. The van der Waals surface area contributed by atoms with Crippen LogP contribution in [0.25, 0.3) is 6.08 Å². The summed E-state index contributed by atoms with van der Waals surface area (Å²) in [6, 6.07) is 1.83. The number of carbonyl (C=O) groups excluding carboxylic acids is 2. The summed E-state index contributed by atoms with van der Waals surface area (Å²) in [6.45, 7) is 3.24. The van der Waals surface area contributed by atoms with Gasteiger partial charge in [-0.2, -0.15) is 13.2 Å². The highest BCUT2D eigenvalue weighted by atomic mass is 35.5. The Kier molecular flexibility index (Phi) is 6.77. The van der Waals surface area contributed by atoms with Crippen LogP contribution in [0.5, 0.6) is 0 Å². The van der Waals surface area contributed by atoms with E-state index in [0.29, 0.717) is 50.0 Å². The minimum absolute atomic E-state index is 0.0215. The maximum Gasteiger partial charge on any atom is 0.416 e. The first-order chi connectivity index (χ1) is 13.7. The van der Waals surface area contributed by atoms with E-state index in [1.54, 1.807) is 0 Å². The molecule has 0 aromatic heterocycles. The monoisotopic (exact) mass is 449 g/mol. The Bertz CT molecular complexity index is 840. The largest absolute Gasteiger partial charge is 0.416 e. The van der Waals surface area contributed by atoms with E-state index in [-0.39, 0.29) is 22.1 Å². The molecule has 158 valence electrons. The van der Waals surface area contributed by atoms with Crippen LogP contribution in [-0.2, 0) is 11.0 Å². The van der Waals surface area contributed by atoms with Gasteiger partial charge in [-0.05, 0) is 36.4 Å². The molecule has 29 heavy (non-hydrogen) atoms. The normalized spacial score (nSPS) is 19.9. The van der Waals surface area contributed by atoms with Crippen LogP contribution in [0.15, 0.2) is 17.0 Å². The number of piperazine rings is 1. The summed E-state index contributed by atoms with van der Waals surface area (Å²) in [5, 5.41) is 10.4. The molecule has 0 bridgehead atoms. The second-order valence-corrected chi connectivity index (χ2v) is 8.07. The second-order valence-electron chi connectivity index (χ2n) is 6.65. The van der Waals surface area contributed by atoms with Gasteiger partial charge in [-0.3, -0.25) is 19.8 Å². The molecule has 3 rings (SSSR count). The molecule has 0 aliphatic carbocycles. The van der Waals surface area contributed by atoms with Crippen molar-refractivity contribution in [2.45, 2.75) is 12.6 Å². The number of amides is 2. The summed E-state index contributed by atoms with van der Waals surface area (Å²) in [4.78, 5) is 27.3. The minimum atomic E-state index is -4.60. The van der Waals surface area contributed by atoms with Crippen molar-refractivity contribution in [3.63, 3.8) is 0 Å². The van der Waals surface area contributed by atoms with Crippen molar-refractivity contribution in [3.8, 4) is 0 Å². The third-order valence-corrected chi connectivity index (χ3v) is 5.77. The molecule has 2 aliphatic rings. The third-order valence-electron chi connectivity index (χ3n) is 4.67. The first-order valence-corrected chi connectivity index (χ1v) is 10.1. The molecule has 2 aliphatic heterocycles. The minimum Gasteiger partial charge on any atom is -0.396 e. The van der Waals surface area contributed by atoms with Gasteiger partial charge >= 0.3 is 6.18 Å². The van der Waals surface area contributed by atoms with Gasteiger partial charge in [0.1, 0.15) is 0 Å². The van der Waals surface area contributed by atoms with Crippen molar-refractivity contribution >= 4 is 46.3 Å². The highest BCUT2D eigenvalue weighted by molar-refractivity contribution is 8.18. The van der Waals surface area contributed by atoms with Crippen LogP contribution in [0.3, 0.4) is 0 Å². The van der Waals surface area contributed by atoms with E-state index in [2.05, 4.69) is 10.2 Å². The summed E-state index contributed by atoms with van der Waals surface area (Å²) in [5.41, 5.74) is -0.378. The number of anilines is 1. The molecule has 0 saturated carbocycles. The van der Waals surface area contributed by atoms with Gasteiger partial charge in [-0.1, -0.05) is 11.6 Å². The zero-order valence-electron chi connectivity index (χ0n) is 15.3. The fraction of sp³-hybridized carbons (Fsp3) is 0.444. The van der Waals surface area contributed by atoms with Gasteiger partial charge in [0.15, 0.2) is 0 Å². The van der Waals surface area contributed by atoms with Gasteiger partial charge in [0.05, 0.1) is 21.2 Å². The van der Waals surface area contributed by atoms with Crippen molar-refractivity contribution in [3.05, 3.63) is 33.2 Å². The molecule has 2 heterocycles. The van der Waals surface area contributed by atoms with Crippen molar-refractivity contribution in [1.82, 2.24) is 10.2 Å². The van der Waals surface area contributed by atoms with Gasteiger partial charge in [0, 0.05) is 44.9 Å². The topological polar surface area (TPSA) is 72.9 Å². The average molecular weight is 450 g/mol. The lowest BCUT2D eigenvalue weighted by atomic mass is 10.0. The Morgan fingerprint density at radius 1 is 1.21 bits per heavy atom. The standard InChI is InChI=1S/C18H19ClF3N3O3S/c19-13-10-12(18(20,21)22)8-11(9-14-16(27)23-17(28)29-14)15(13)25-5-3-24(4-6-25)2-1-7-26/h8-10,26H,1-7H2,(H,23,27,28). The van der Waals surface area contributed by atoms with Crippen LogP contribution in [0, 0.1) is 0 Å². The Morgan fingerprint density at radius 3 is 2.45 bits per heavy atom. The Morgan fingerprint density at radius 2 is 1.90 bits per heavy atom. The van der Waals surface area contributed by atoms with Crippen molar-refractivity contribution in [1.29, 1.82) is 0 Å². The number of imide groups is 1. The molecule has 0 atom stereocenters. The van der Waals surface area contributed by atoms with Crippen LogP contribution in [-0.4, -0.2) is 60.5 Å². The molecular formula is C18H19ClF3N3O3S. The number of hydrogen-bond acceptors (Lipinski definition) is 6. The number of benzene rings is 1. The Labute approximate surface area is 174 Å². The predicted molar refractivity (Wildman–Crippen MR) is 106 cm³/mol. The second kappa shape index (κ2) is 8.95. The lowest BCUT2D eigenvalue weighted by molar-refractivity contribution is -0.137. The Hall–Kier alpha value is -1.75. The van der Waals surface area contributed by atoms with Gasteiger partial charge in [-0.15, -0.1) is 0 Å². The molecule has 2 saturated heterocycles. The first kappa shape index (κ1) is 21.9. The highest BCUT2D eigenvalue weighted by Crippen LogP contribution is 2.40. The molecule has 0 radical (unpaired) electrons. The summed E-state index contributed by atoms with van der Waals surface area (Å²) < 4.78 is 39.9. The first-order valence-electron chi connectivity index (χ1n) is 8.93. The smallest absolute Gasteiger partial charge is 0.396 e. The molecule has 1 aromatic carbocycles. The van der Waals surface area contributed by atoms with E-state index in [1.165, 1.54) is 6.08 Å². The summed E-state index contributed by atoms with van der Waals surface area (Å²) in [6.07, 6.45) is -2.67. The molecule has 1 aromatic rings. The van der Waals surface area contributed by atoms with Crippen LogP contribution in [0.4, 0.5) is 23.7 Å². The molecule has 6 nitrogen and oxygen atoms in total. The fourth-order valence-electron chi connectivity index (χ4n) is 3.28. The van der Waals surface area contributed by atoms with E-state index in [0.717, 1.165) is 18.7 Å². The van der Waals surface area contributed by atoms with Gasteiger partial charge in [0.25, 0.3) is 11.1 Å². The number of alkyl halides is 3. The molecule has 0 spiro atoms. The molecule has 2 amide bonds. The zero-order valence-corrected chi connectivity index (χ0v) is 16.8. The van der Waals surface area contributed by atoms with Crippen LogP contribution < -0.4 is 10.2 Å². The van der Waals surface area contributed by atoms with Crippen LogP contribution in [0.1, 0.15) is 17.5 Å². The summed E-state index contributed by atoms with van der Waals surface area (Å²) >= 11 is 6.89. The van der Waals surface area contributed by atoms with Crippen molar-refractivity contribution < 1.29 is 27.9 Å².